The molecule has 0 aliphatic rings. The van der Waals surface area contributed by atoms with Crippen molar-refractivity contribution in [2.45, 2.75) is 39.5 Å². The van der Waals surface area contributed by atoms with Crippen LogP contribution in [0.15, 0.2) is 30.3 Å². The van der Waals surface area contributed by atoms with Crippen molar-refractivity contribution in [2.24, 2.45) is 5.92 Å². The fourth-order valence-corrected chi connectivity index (χ4v) is 2.01. The number of rotatable bonds is 10. The normalized spacial score (nSPS) is 12.3. The van der Waals surface area contributed by atoms with E-state index >= 15 is 0 Å². The number of para-hydroxylation sites is 1. The van der Waals surface area contributed by atoms with Crippen molar-refractivity contribution >= 4 is 0 Å². The molecule has 1 aromatic rings. The van der Waals surface area contributed by atoms with Crippen LogP contribution in [0.3, 0.4) is 0 Å². The smallest absolute Gasteiger partial charge is 0.119 e. The Morgan fingerprint density at radius 2 is 1.94 bits per heavy atom. The Bertz CT molecular complexity index is 286. The highest BCUT2D eigenvalue weighted by Gasteiger charge is 2.05. The van der Waals surface area contributed by atoms with E-state index in [1.807, 2.05) is 30.3 Å². The van der Waals surface area contributed by atoms with Gasteiger partial charge in [-0.3, -0.25) is 0 Å². The molecule has 0 fully saturated rings. The van der Waals surface area contributed by atoms with E-state index in [1.54, 1.807) is 0 Å². The molecule has 1 rings (SSSR count). The van der Waals surface area contributed by atoms with Gasteiger partial charge in [-0.2, -0.15) is 0 Å². The van der Waals surface area contributed by atoms with E-state index in [0.29, 0.717) is 0 Å². The second-order valence-corrected chi connectivity index (χ2v) is 4.78. The fourth-order valence-electron chi connectivity index (χ4n) is 2.01. The molecule has 0 amide bonds. The van der Waals surface area contributed by atoms with Gasteiger partial charge in [-0.1, -0.05) is 38.5 Å². The SMILES string of the molecule is CCCNCC(CC)CCCOc1ccccc1. The van der Waals surface area contributed by atoms with Gasteiger partial charge in [0.1, 0.15) is 5.75 Å². The van der Waals surface area contributed by atoms with E-state index < -0.39 is 0 Å². The molecular weight excluding hydrogens is 222 g/mol. The van der Waals surface area contributed by atoms with E-state index in [9.17, 15) is 0 Å². The first kappa shape index (κ1) is 15.0. The van der Waals surface area contributed by atoms with Gasteiger partial charge in [-0.05, 0) is 50.4 Å². The van der Waals surface area contributed by atoms with Crippen LogP contribution >= 0.6 is 0 Å². The summed E-state index contributed by atoms with van der Waals surface area (Å²) in [7, 11) is 0. The van der Waals surface area contributed by atoms with Crippen molar-refractivity contribution in [3.8, 4) is 5.75 Å². The van der Waals surface area contributed by atoms with Crippen LogP contribution in [0.4, 0.5) is 0 Å². The van der Waals surface area contributed by atoms with Crippen LogP contribution in [0.25, 0.3) is 0 Å². The van der Waals surface area contributed by atoms with Crippen molar-refractivity contribution in [2.75, 3.05) is 19.7 Å². The molecule has 0 saturated heterocycles. The largest absolute Gasteiger partial charge is 0.494 e. The predicted molar refractivity (Wildman–Crippen MR) is 78.1 cm³/mol. The average Bonchev–Trinajstić information content (AvgIpc) is 2.43. The monoisotopic (exact) mass is 249 g/mol. The second-order valence-electron chi connectivity index (χ2n) is 4.78. The van der Waals surface area contributed by atoms with Crippen LogP contribution in [0.5, 0.6) is 5.75 Å². The molecule has 1 unspecified atom stereocenters. The van der Waals surface area contributed by atoms with Crippen molar-refractivity contribution in [3.63, 3.8) is 0 Å². The van der Waals surface area contributed by atoms with E-state index in [-0.39, 0.29) is 0 Å². The molecule has 0 aliphatic carbocycles. The fraction of sp³-hybridized carbons (Fsp3) is 0.625. The molecule has 1 atom stereocenters. The third-order valence-corrected chi connectivity index (χ3v) is 3.21. The predicted octanol–water partition coefficient (Wildman–Crippen LogP) is 3.87. The maximum atomic E-state index is 5.71. The molecule has 0 heterocycles. The van der Waals surface area contributed by atoms with Crippen molar-refractivity contribution in [1.29, 1.82) is 0 Å². The lowest BCUT2D eigenvalue weighted by Gasteiger charge is -2.15. The lowest BCUT2D eigenvalue weighted by Crippen LogP contribution is -2.23. The minimum Gasteiger partial charge on any atom is -0.494 e. The lowest BCUT2D eigenvalue weighted by atomic mass is 10.0. The Morgan fingerprint density at radius 3 is 2.61 bits per heavy atom. The second kappa shape index (κ2) is 9.95. The van der Waals surface area contributed by atoms with Gasteiger partial charge in [0.2, 0.25) is 0 Å². The van der Waals surface area contributed by atoms with Gasteiger partial charge in [0, 0.05) is 0 Å². The van der Waals surface area contributed by atoms with E-state index in [2.05, 4.69) is 19.2 Å². The summed E-state index contributed by atoms with van der Waals surface area (Å²) in [5.41, 5.74) is 0. The number of hydrogen-bond acceptors (Lipinski definition) is 2. The molecule has 1 aromatic carbocycles. The number of ether oxygens (including phenoxy) is 1. The highest BCUT2D eigenvalue weighted by atomic mass is 16.5. The zero-order chi connectivity index (χ0) is 13.1. The molecule has 18 heavy (non-hydrogen) atoms. The first-order chi connectivity index (χ1) is 8.86. The molecule has 2 heteroatoms. The Balaban J connectivity index is 2.08. The summed E-state index contributed by atoms with van der Waals surface area (Å²) in [6.07, 6.45) is 4.86. The minimum atomic E-state index is 0.788. The summed E-state index contributed by atoms with van der Waals surface area (Å²) in [4.78, 5) is 0. The average molecular weight is 249 g/mol. The summed E-state index contributed by atoms with van der Waals surface area (Å²) in [5, 5.41) is 3.50. The van der Waals surface area contributed by atoms with Gasteiger partial charge >= 0.3 is 0 Å². The summed E-state index contributed by atoms with van der Waals surface area (Å²) >= 11 is 0. The Kier molecular flexibility index (Phi) is 8.32. The van der Waals surface area contributed by atoms with Crippen LogP contribution in [-0.4, -0.2) is 19.7 Å². The summed E-state index contributed by atoms with van der Waals surface area (Å²) in [6.45, 7) is 7.60. The third-order valence-electron chi connectivity index (χ3n) is 3.21. The molecule has 0 saturated carbocycles. The molecule has 0 aromatic heterocycles. The topological polar surface area (TPSA) is 21.3 Å². The number of nitrogens with one attached hydrogen (secondary N) is 1. The van der Waals surface area contributed by atoms with Gasteiger partial charge in [-0.25, -0.2) is 0 Å². The molecule has 0 bridgehead atoms. The maximum Gasteiger partial charge on any atom is 0.119 e. The van der Waals surface area contributed by atoms with Crippen molar-refractivity contribution in [3.05, 3.63) is 30.3 Å². The lowest BCUT2D eigenvalue weighted by molar-refractivity contribution is 0.288. The van der Waals surface area contributed by atoms with Gasteiger partial charge in [0.05, 0.1) is 6.61 Å². The number of hydrogen-bond donors (Lipinski definition) is 1. The Labute approximate surface area is 112 Å². The highest BCUT2D eigenvalue weighted by Crippen LogP contribution is 2.12. The molecule has 2 nitrogen and oxygen atoms in total. The van der Waals surface area contributed by atoms with Gasteiger partial charge in [-0.15, -0.1) is 0 Å². The third kappa shape index (κ3) is 6.65. The molecule has 102 valence electrons. The number of benzene rings is 1. The van der Waals surface area contributed by atoms with Crippen molar-refractivity contribution < 1.29 is 4.74 Å². The standard InChI is InChI=1S/C16H27NO/c1-3-12-17-14-15(4-2)9-8-13-18-16-10-6-5-7-11-16/h5-7,10-11,15,17H,3-4,8-9,12-14H2,1-2H3. The highest BCUT2D eigenvalue weighted by molar-refractivity contribution is 5.20. The van der Waals surface area contributed by atoms with Gasteiger partial charge in [0.25, 0.3) is 0 Å². The molecular formula is C16H27NO. The maximum absolute atomic E-state index is 5.71. The summed E-state index contributed by atoms with van der Waals surface area (Å²) < 4.78 is 5.71. The first-order valence-corrected chi connectivity index (χ1v) is 7.25. The van der Waals surface area contributed by atoms with Crippen LogP contribution in [0.1, 0.15) is 39.5 Å². The Hall–Kier alpha value is -1.02. The quantitative estimate of drug-likeness (QED) is 0.636. The zero-order valence-corrected chi connectivity index (χ0v) is 11.8. The molecule has 0 radical (unpaired) electrons. The van der Waals surface area contributed by atoms with Crippen LogP contribution < -0.4 is 10.1 Å². The van der Waals surface area contributed by atoms with E-state index in [0.717, 1.165) is 37.8 Å². The van der Waals surface area contributed by atoms with Crippen LogP contribution in [0.2, 0.25) is 0 Å². The van der Waals surface area contributed by atoms with Gasteiger partial charge < -0.3 is 10.1 Å². The van der Waals surface area contributed by atoms with Gasteiger partial charge in [0.15, 0.2) is 0 Å². The van der Waals surface area contributed by atoms with Crippen molar-refractivity contribution in [1.82, 2.24) is 5.32 Å². The zero-order valence-electron chi connectivity index (χ0n) is 11.8. The van der Waals surface area contributed by atoms with E-state index in [4.69, 9.17) is 4.74 Å². The summed E-state index contributed by atoms with van der Waals surface area (Å²) in [6, 6.07) is 10.1. The van der Waals surface area contributed by atoms with Crippen LogP contribution in [-0.2, 0) is 0 Å². The minimum absolute atomic E-state index is 0.788. The first-order valence-electron chi connectivity index (χ1n) is 7.25. The Morgan fingerprint density at radius 1 is 1.17 bits per heavy atom. The van der Waals surface area contributed by atoms with E-state index in [1.165, 1.54) is 19.3 Å². The molecule has 0 spiro atoms. The molecule has 1 N–H and O–H groups in total. The molecule has 0 aliphatic heterocycles. The van der Waals surface area contributed by atoms with Crippen LogP contribution in [0, 0.1) is 5.92 Å². The summed E-state index contributed by atoms with van der Waals surface area (Å²) in [5.74, 6) is 1.77.